The van der Waals surface area contributed by atoms with Crippen LogP contribution in [0.3, 0.4) is 0 Å². The summed E-state index contributed by atoms with van der Waals surface area (Å²) >= 11 is 0. The highest BCUT2D eigenvalue weighted by Gasteiger charge is 2.78. The van der Waals surface area contributed by atoms with Gasteiger partial charge in [-0.15, -0.1) is 26.3 Å². The average molecular weight is 1570 g/mol. The minimum absolute atomic E-state index is 0. The fraction of sp³-hybridized carbons (Fsp3) is 0.644. The van der Waals surface area contributed by atoms with Crippen molar-refractivity contribution in [1.29, 1.82) is 0 Å². The summed E-state index contributed by atoms with van der Waals surface area (Å²) in [6.45, 7) is 23.5. The van der Waals surface area contributed by atoms with E-state index < -0.39 is 98.3 Å². The van der Waals surface area contributed by atoms with Gasteiger partial charge in [0.2, 0.25) is 0 Å². The van der Waals surface area contributed by atoms with Gasteiger partial charge < -0.3 is 97.7 Å². The molecule has 0 radical (unpaired) electrons. The Hall–Kier alpha value is -6.40. The number of hydrogen-bond donors (Lipinski definition) is 8. The molecular weight excluding hydrogens is 1460 g/mol. The fourth-order valence-corrected chi connectivity index (χ4v) is 27.0. The zero-order valence-corrected chi connectivity index (χ0v) is 64.9. The topological polar surface area (TPSA) is 286 Å². The predicted octanol–water partition coefficient (Wildman–Crippen LogP) is 7.20. The summed E-state index contributed by atoms with van der Waals surface area (Å²) in [4.78, 5) is 9.36. The van der Waals surface area contributed by atoms with Crippen LogP contribution >= 0.6 is 0 Å². The molecular formula is C90H116N4O20. The molecule has 4 aromatic rings. The van der Waals surface area contributed by atoms with Crippen LogP contribution in [0.2, 0.25) is 0 Å². The largest absolute Gasteiger partial charge is 0.504 e. The first-order chi connectivity index (χ1) is 54.8. The van der Waals surface area contributed by atoms with Crippen LogP contribution < -0.4 is 18.9 Å². The lowest BCUT2D eigenvalue weighted by atomic mass is 9.48. The molecule has 10 unspecified atom stereocenters. The molecule has 24 heteroatoms. The number of aliphatic hydroxyl groups is 4. The van der Waals surface area contributed by atoms with Gasteiger partial charge in [-0.05, 0) is 175 Å². The van der Waals surface area contributed by atoms with E-state index in [1.54, 1.807) is 24.3 Å². The first-order valence-corrected chi connectivity index (χ1v) is 42.0. The summed E-state index contributed by atoms with van der Waals surface area (Å²) in [6.07, 6.45) is 12.7. The molecule has 4 aromatic carbocycles. The van der Waals surface area contributed by atoms with Gasteiger partial charge in [0.25, 0.3) is 0 Å². The van der Waals surface area contributed by atoms with Crippen LogP contribution in [0.15, 0.2) is 99.2 Å². The molecule has 8 fully saturated rings. The Bertz CT molecular complexity index is 3880. The molecule has 8 aliphatic heterocycles. The Morgan fingerprint density at radius 1 is 0.351 bits per heavy atom. The number of likely N-dealkylation sites (tertiary alicyclic amines) is 4. The standard InChI is InChI=1S/C89H112N4O20.CH4/c1-5-29-90-33-25-82-69-53-9-13-57(94)73(69)110-77(82)61(17-21-86(82,98)65(90)45-53)106-41-37-102-49-81(50-103-38-42-107-62-18-22-87(99)66-46-54-10-14-58(95)74-70(54)83(87,78(62)111-74)26-34-91(66)30-6-2,51-104-39-43-108-63-19-23-88(100)67-47-55-11-15-59(96)75-71(55)84(88,79(63)112-75)27-35-92(67)31-7-3)52-105-40-44-109-64-20-24-89(101)68-48-56-12-16-60(97)76-72(56)85(89,80(64)113-76)28-36-93(68)32-8-4;/h5-16,61-68,77-80,94-101H,1-4,17-52H2;1H4/t61?,62?,63?,64?,65?,66?,67?,68?,77-,78-,79?,80?,81?,82-,83-,84-,85-,86+,87+,88+,89+;/m0./s1. The lowest BCUT2D eigenvalue weighted by molar-refractivity contribution is -0.217. The smallest absolute Gasteiger partial charge is 0.165 e. The molecule has 20 rings (SSSR count). The van der Waals surface area contributed by atoms with Gasteiger partial charge in [0.05, 0.1) is 153 Å². The number of ether oxygens (including phenoxy) is 12. The van der Waals surface area contributed by atoms with Gasteiger partial charge in [-0.1, -0.05) is 56.0 Å². The molecule has 16 aliphatic rings. The van der Waals surface area contributed by atoms with Gasteiger partial charge in [-0.25, -0.2) is 0 Å². The Balaban J connectivity index is 0.00000871. The maximum absolute atomic E-state index is 13.2. The van der Waals surface area contributed by atoms with Crippen LogP contribution in [-0.2, 0) is 85.2 Å². The van der Waals surface area contributed by atoms with Crippen molar-refractivity contribution < 1.29 is 97.7 Å². The maximum Gasteiger partial charge on any atom is 0.165 e. The molecule has 616 valence electrons. The molecule has 8 aliphatic carbocycles. The van der Waals surface area contributed by atoms with E-state index in [1.165, 1.54) is 0 Å². The summed E-state index contributed by atoms with van der Waals surface area (Å²) in [5, 5.41) is 98.3. The van der Waals surface area contributed by atoms with Gasteiger partial charge in [0, 0.05) is 72.6 Å². The van der Waals surface area contributed by atoms with Crippen LogP contribution in [0.5, 0.6) is 46.0 Å². The average Bonchev–Trinajstić information content (AvgIpc) is 1.21. The van der Waals surface area contributed by atoms with E-state index in [1.807, 2.05) is 48.6 Å². The van der Waals surface area contributed by atoms with Crippen molar-refractivity contribution in [3.8, 4) is 46.0 Å². The van der Waals surface area contributed by atoms with Crippen molar-refractivity contribution in [3.05, 3.63) is 144 Å². The molecule has 4 saturated heterocycles. The van der Waals surface area contributed by atoms with Gasteiger partial charge >= 0.3 is 0 Å². The molecule has 4 saturated carbocycles. The van der Waals surface area contributed by atoms with Crippen molar-refractivity contribution in [2.75, 3.05) is 132 Å². The highest BCUT2D eigenvalue weighted by Crippen LogP contribution is 2.71. The number of piperidine rings is 4. The van der Waals surface area contributed by atoms with Crippen molar-refractivity contribution in [3.63, 3.8) is 0 Å². The van der Waals surface area contributed by atoms with Crippen LogP contribution in [0, 0.1) is 5.41 Å². The molecule has 0 aromatic heterocycles. The Morgan fingerprint density at radius 3 is 0.798 bits per heavy atom. The number of phenolic OH excluding ortho intramolecular Hbond substituents is 4. The van der Waals surface area contributed by atoms with Gasteiger partial charge in [-0.2, -0.15) is 0 Å². The summed E-state index contributed by atoms with van der Waals surface area (Å²) in [5.41, 5.74) is -0.736. The highest BCUT2D eigenvalue weighted by atomic mass is 16.6. The predicted molar refractivity (Wildman–Crippen MR) is 420 cm³/mol. The first kappa shape index (κ1) is 77.5. The van der Waals surface area contributed by atoms with Crippen molar-refractivity contribution >= 4 is 0 Å². The second-order valence-electron chi connectivity index (χ2n) is 36.0. The zero-order chi connectivity index (χ0) is 77.4. The summed E-state index contributed by atoms with van der Waals surface area (Å²) in [6, 6.07) is 14.1. The third-order valence-corrected chi connectivity index (χ3v) is 31.4. The quantitative estimate of drug-likeness (QED) is 0.0177. The molecule has 114 heavy (non-hydrogen) atoms. The molecule has 0 amide bonds. The lowest BCUT2D eigenvalue weighted by Crippen LogP contribution is -2.77. The number of aromatic hydroxyl groups is 4. The van der Waals surface area contributed by atoms with Gasteiger partial charge in [0.15, 0.2) is 46.0 Å². The van der Waals surface area contributed by atoms with Crippen LogP contribution in [0.1, 0.15) is 129 Å². The third kappa shape index (κ3) is 10.6. The van der Waals surface area contributed by atoms with Crippen LogP contribution in [0.4, 0.5) is 0 Å². The number of phenols is 4. The third-order valence-electron chi connectivity index (χ3n) is 31.4. The summed E-state index contributed by atoms with van der Waals surface area (Å²) in [7, 11) is 0. The van der Waals surface area contributed by atoms with E-state index >= 15 is 0 Å². The minimum atomic E-state index is -1.13. The minimum Gasteiger partial charge on any atom is -0.504 e. The SMILES string of the molecule is C.C=CCN1CC[C@]23c4c5ccc(O)c4OC2C(OCCOCC(COCCOC2CC[C@@]4(O)C6Cc7ccc(O)c8c7[C@@]4(CCN6CC=C)C2O8)(COCCOC2CC[C@@]4(O)C6Cc7ccc(O)c8c7[C@@]4(CCN6CC=C)[C@H]2O8)COCCOC2CC[C@@]4(O)C6Cc7ccc(O)c8c7[C@@]4(CCN6CC=C)[C@H]2O8)CC[C@@]3(O)C1C5. The molecule has 8 heterocycles. The molecule has 4 spiro atoms. The Labute approximate surface area is 668 Å². The molecule has 8 N–H and O–H groups in total. The fourth-order valence-electron chi connectivity index (χ4n) is 27.0. The van der Waals surface area contributed by atoms with Crippen molar-refractivity contribution in [1.82, 2.24) is 19.6 Å². The summed E-state index contributed by atoms with van der Waals surface area (Å²) in [5.74, 6) is 2.01. The zero-order valence-electron chi connectivity index (χ0n) is 64.9. The second-order valence-corrected chi connectivity index (χ2v) is 36.0. The molecule has 8 bridgehead atoms. The Kier molecular flexibility index (Phi) is 19.5. The van der Waals surface area contributed by atoms with Crippen LogP contribution in [-0.4, -0.2) is 287 Å². The molecule has 24 nitrogen and oxygen atoms in total. The number of benzene rings is 4. The van der Waals surface area contributed by atoms with E-state index in [0.29, 0.717) is 152 Å². The van der Waals surface area contributed by atoms with Crippen molar-refractivity contribution in [2.45, 2.75) is 227 Å². The van der Waals surface area contributed by atoms with E-state index in [9.17, 15) is 40.9 Å². The second kappa shape index (κ2) is 28.7. The first-order valence-electron chi connectivity index (χ1n) is 42.0. The number of rotatable bonds is 32. The lowest BCUT2D eigenvalue weighted by Gasteiger charge is -2.64. The Morgan fingerprint density at radius 2 is 0.579 bits per heavy atom. The monoisotopic (exact) mass is 1570 g/mol. The normalized spacial score (nSPS) is 38.5. The molecule has 20 atom stereocenters. The number of hydrogen-bond acceptors (Lipinski definition) is 24. The maximum atomic E-state index is 13.2. The van der Waals surface area contributed by atoms with Crippen LogP contribution in [0.25, 0.3) is 0 Å². The van der Waals surface area contributed by atoms with E-state index in [0.717, 1.165) is 70.7 Å². The highest BCUT2D eigenvalue weighted by molar-refractivity contribution is 5.67. The van der Waals surface area contributed by atoms with Crippen molar-refractivity contribution in [2.24, 2.45) is 5.41 Å². The van der Waals surface area contributed by atoms with Gasteiger partial charge in [-0.3, -0.25) is 19.6 Å². The van der Waals surface area contributed by atoms with Gasteiger partial charge in [0.1, 0.15) is 24.4 Å². The van der Waals surface area contributed by atoms with E-state index in [2.05, 4.69) is 45.9 Å². The van der Waals surface area contributed by atoms with E-state index in [-0.39, 0.29) is 134 Å². The summed E-state index contributed by atoms with van der Waals surface area (Å²) < 4.78 is 82.6. The number of nitrogens with zero attached hydrogens (tertiary/aromatic N) is 4. The van der Waals surface area contributed by atoms with E-state index in [4.69, 9.17) is 56.8 Å².